The Labute approximate surface area is 224 Å². The number of nitrogens with zero attached hydrogens (tertiary/aromatic N) is 1. The number of hydrogen-bond donors (Lipinski definition) is 2. The van der Waals surface area contributed by atoms with Crippen LogP contribution >= 0.6 is 0 Å². The van der Waals surface area contributed by atoms with Gasteiger partial charge in [0.05, 0.1) is 5.69 Å². The van der Waals surface area contributed by atoms with Crippen LogP contribution in [0.25, 0.3) is 27.8 Å². The lowest BCUT2D eigenvalue weighted by molar-refractivity contribution is 0.420. The van der Waals surface area contributed by atoms with Crippen LogP contribution in [0.3, 0.4) is 0 Å². The van der Waals surface area contributed by atoms with Gasteiger partial charge >= 0.3 is 7.12 Å². The van der Waals surface area contributed by atoms with E-state index in [2.05, 4.69) is 111 Å². The predicted octanol–water partition coefficient (Wildman–Crippen LogP) is 7.59. The van der Waals surface area contributed by atoms with E-state index in [1.165, 1.54) is 38.9 Å². The Balaban J connectivity index is 1.57. The smallest absolute Gasteiger partial charge is 0.423 e. The van der Waals surface area contributed by atoms with Gasteiger partial charge in [-0.25, -0.2) is 0 Å². The van der Waals surface area contributed by atoms with Crippen LogP contribution in [0.2, 0.25) is 0 Å². The highest BCUT2D eigenvalue weighted by Gasteiger charge is 2.37. The van der Waals surface area contributed by atoms with Gasteiger partial charge in [0, 0.05) is 22.9 Å². The molecule has 4 aromatic rings. The summed E-state index contributed by atoms with van der Waals surface area (Å²) in [6.07, 6.45) is 5.42. The van der Waals surface area contributed by atoms with Crippen LogP contribution in [0, 0.1) is 6.92 Å². The Morgan fingerprint density at radius 3 is 2.18 bits per heavy atom. The van der Waals surface area contributed by atoms with Gasteiger partial charge in [-0.1, -0.05) is 86.7 Å². The second kappa shape index (κ2) is 9.02. The van der Waals surface area contributed by atoms with E-state index in [1.807, 2.05) is 12.3 Å². The van der Waals surface area contributed by atoms with Gasteiger partial charge in [-0.05, 0) is 87.8 Å². The summed E-state index contributed by atoms with van der Waals surface area (Å²) >= 11 is 0. The Hall–Kier alpha value is -4.12. The van der Waals surface area contributed by atoms with Crippen molar-refractivity contribution >= 4 is 24.1 Å². The van der Waals surface area contributed by atoms with E-state index < -0.39 is 7.12 Å². The number of anilines is 2. The fraction of sp³-hybridized carbons (Fsp3) is 0.118. The number of hydrogen-bond acceptors (Lipinski definition) is 3. The van der Waals surface area contributed by atoms with Crippen LogP contribution in [-0.2, 0) is 5.41 Å². The summed E-state index contributed by atoms with van der Waals surface area (Å²) in [6.45, 7) is 11.0. The minimum Gasteiger partial charge on any atom is -0.423 e. The Morgan fingerprint density at radius 1 is 0.763 bits per heavy atom. The van der Waals surface area contributed by atoms with Crippen LogP contribution < -0.4 is 4.90 Å². The van der Waals surface area contributed by atoms with E-state index in [-0.39, 0.29) is 5.41 Å². The van der Waals surface area contributed by atoms with Crippen LogP contribution in [0.1, 0.15) is 36.1 Å². The van der Waals surface area contributed by atoms with E-state index >= 15 is 0 Å². The maximum Gasteiger partial charge on any atom is 0.488 e. The topological polar surface area (TPSA) is 43.7 Å². The first-order valence-corrected chi connectivity index (χ1v) is 12.9. The largest absolute Gasteiger partial charge is 0.488 e. The lowest BCUT2D eigenvalue weighted by atomic mass is 9.76. The first-order valence-electron chi connectivity index (χ1n) is 12.9. The molecule has 1 aliphatic carbocycles. The highest BCUT2D eigenvalue weighted by Crippen LogP contribution is 2.52. The Morgan fingerprint density at radius 2 is 1.47 bits per heavy atom. The molecule has 0 unspecified atom stereocenters. The Bertz CT molecular complexity index is 1630. The van der Waals surface area contributed by atoms with Gasteiger partial charge in [0.25, 0.3) is 0 Å². The van der Waals surface area contributed by atoms with Crippen molar-refractivity contribution in [1.29, 1.82) is 0 Å². The number of allylic oxidation sites excluding steroid dienone is 4. The quantitative estimate of drug-likeness (QED) is 0.288. The summed E-state index contributed by atoms with van der Waals surface area (Å²) in [6, 6.07) is 30.2. The summed E-state index contributed by atoms with van der Waals surface area (Å²) in [5, 5.41) is 20.0. The summed E-state index contributed by atoms with van der Waals surface area (Å²) in [7, 11) is -1.59. The second-order valence-electron chi connectivity index (χ2n) is 10.7. The monoisotopic (exact) mass is 495 g/mol. The molecule has 4 aromatic carbocycles. The van der Waals surface area contributed by atoms with Crippen molar-refractivity contribution in [2.24, 2.45) is 0 Å². The predicted molar refractivity (Wildman–Crippen MR) is 159 cm³/mol. The Kier molecular flexibility index (Phi) is 5.75. The highest BCUT2D eigenvalue weighted by atomic mass is 16.4. The molecule has 0 radical (unpaired) electrons. The lowest BCUT2D eigenvalue weighted by Gasteiger charge is -2.29. The van der Waals surface area contributed by atoms with Crippen LogP contribution in [-0.4, -0.2) is 17.2 Å². The highest BCUT2D eigenvalue weighted by molar-refractivity contribution is 6.52. The summed E-state index contributed by atoms with van der Waals surface area (Å²) in [5.74, 6) is 0. The number of benzene rings is 4. The van der Waals surface area contributed by atoms with Crippen LogP contribution in [0.15, 0.2) is 115 Å². The van der Waals surface area contributed by atoms with Crippen LogP contribution in [0.5, 0.6) is 0 Å². The zero-order valence-electron chi connectivity index (χ0n) is 21.9. The molecule has 0 bridgehead atoms. The molecule has 2 N–H and O–H groups in total. The minimum absolute atomic E-state index is 0.208. The molecule has 1 heterocycles. The van der Waals surface area contributed by atoms with E-state index in [0.29, 0.717) is 5.47 Å². The van der Waals surface area contributed by atoms with E-state index in [9.17, 15) is 10.0 Å². The van der Waals surface area contributed by atoms with Gasteiger partial charge in [0.1, 0.15) is 0 Å². The second-order valence-corrected chi connectivity index (χ2v) is 10.7. The first-order chi connectivity index (χ1) is 18.2. The molecular formula is C34H30BNO2. The third-order valence-corrected chi connectivity index (χ3v) is 7.87. The molecule has 0 fully saturated rings. The maximum absolute atomic E-state index is 10.0. The average Bonchev–Trinajstić information content (AvgIpc) is 3.13. The first kappa shape index (κ1) is 24.2. The lowest BCUT2D eigenvalue weighted by Crippen LogP contribution is -2.19. The summed E-state index contributed by atoms with van der Waals surface area (Å²) in [4.78, 5) is 2.11. The van der Waals surface area contributed by atoms with Crippen molar-refractivity contribution in [3.8, 4) is 22.3 Å². The molecule has 0 amide bonds. The maximum atomic E-state index is 10.0. The summed E-state index contributed by atoms with van der Waals surface area (Å²) < 4.78 is 0. The van der Waals surface area contributed by atoms with Crippen molar-refractivity contribution in [3.05, 3.63) is 138 Å². The minimum atomic E-state index is -1.59. The molecule has 4 heteroatoms. The van der Waals surface area contributed by atoms with Crippen molar-refractivity contribution in [1.82, 2.24) is 0 Å². The van der Waals surface area contributed by atoms with Gasteiger partial charge in [-0.3, -0.25) is 0 Å². The zero-order valence-corrected chi connectivity index (χ0v) is 21.9. The van der Waals surface area contributed by atoms with E-state index in [1.54, 1.807) is 12.2 Å². The molecule has 0 saturated heterocycles. The summed E-state index contributed by atoms with van der Waals surface area (Å²) in [5.41, 5.74) is 12.5. The van der Waals surface area contributed by atoms with E-state index in [0.717, 1.165) is 22.5 Å². The third kappa shape index (κ3) is 3.94. The molecule has 0 spiro atoms. The van der Waals surface area contributed by atoms with Crippen molar-refractivity contribution in [3.63, 3.8) is 0 Å². The zero-order chi connectivity index (χ0) is 26.6. The normalized spacial score (nSPS) is 17.4. The molecule has 38 heavy (non-hydrogen) atoms. The molecule has 6 rings (SSSR count). The van der Waals surface area contributed by atoms with E-state index in [4.69, 9.17) is 0 Å². The molecule has 1 aliphatic heterocycles. The molecule has 0 saturated carbocycles. The number of fused-ring (bicyclic) bond motifs is 4. The molecular weight excluding hydrogens is 465 g/mol. The van der Waals surface area contributed by atoms with Crippen LogP contribution in [0.4, 0.5) is 11.4 Å². The van der Waals surface area contributed by atoms with Gasteiger partial charge in [-0.15, -0.1) is 0 Å². The molecule has 2 aliphatic rings. The van der Waals surface area contributed by atoms with Crippen molar-refractivity contribution < 1.29 is 10.0 Å². The van der Waals surface area contributed by atoms with Crippen molar-refractivity contribution in [2.75, 3.05) is 4.90 Å². The molecule has 3 nitrogen and oxygen atoms in total. The van der Waals surface area contributed by atoms with Gasteiger partial charge < -0.3 is 14.9 Å². The average molecular weight is 495 g/mol. The molecule has 0 atom stereocenters. The van der Waals surface area contributed by atoms with Gasteiger partial charge in [-0.2, -0.15) is 0 Å². The fourth-order valence-electron chi connectivity index (χ4n) is 5.70. The van der Waals surface area contributed by atoms with Gasteiger partial charge in [0.15, 0.2) is 0 Å². The molecule has 186 valence electrons. The standard InChI is InChI=1S/C34H30BNO2/c1-22-10-13-27(14-11-22)36-17-16-26(35(37)38)18-23(2)29-20-32-30(21-33(29)36)28-15-12-25(19-31(28)34(32,3)4)24-8-6-5-7-9-24/h5-21,37-38H,2H2,1,3-4H3/b17-16-,26-18+. The van der Waals surface area contributed by atoms with Crippen molar-refractivity contribution in [2.45, 2.75) is 26.2 Å². The number of rotatable bonds is 3. The fourth-order valence-corrected chi connectivity index (χ4v) is 5.70. The molecule has 0 aromatic heterocycles. The van der Waals surface area contributed by atoms with Gasteiger partial charge in [0.2, 0.25) is 0 Å². The number of aryl methyl sites for hydroxylation is 1. The SMILES string of the molecule is C=C1/C=C(B(O)O)\C=C/N(c2ccc(C)cc2)c2cc3c(cc21)C(C)(C)c1cc(-c2ccccc2)ccc1-3. The third-order valence-electron chi connectivity index (χ3n) is 7.87.